The van der Waals surface area contributed by atoms with E-state index in [2.05, 4.69) is 27.0 Å². The lowest BCUT2D eigenvalue weighted by Gasteiger charge is -2.40. The number of nitrogens with zero attached hydrogens (tertiary/aromatic N) is 3. The Morgan fingerprint density at radius 3 is 2.37 bits per heavy atom. The van der Waals surface area contributed by atoms with Crippen LogP contribution in [-0.2, 0) is 16.8 Å². The number of furan rings is 1. The van der Waals surface area contributed by atoms with E-state index in [0.717, 1.165) is 43.6 Å². The van der Waals surface area contributed by atoms with Crippen molar-refractivity contribution in [2.45, 2.75) is 31.7 Å². The Bertz CT molecular complexity index is 881. The largest absolute Gasteiger partial charge is 0.461 e. The number of ketones is 1. The van der Waals surface area contributed by atoms with Gasteiger partial charge in [-0.05, 0) is 50.6 Å². The van der Waals surface area contributed by atoms with Crippen LogP contribution in [0, 0.1) is 0 Å². The molecule has 2 aromatic heterocycles. The summed E-state index contributed by atoms with van der Waals surface area (Å²) in [5.41, 5.74) is 1.86. The highest BCUT2D eigenvalue weighted by Gasteiger charge is 2.40. The summed E-state index contributed by atoms with van der Waals surface area (Å²) in [5, 5.41) is 0. The molecule has 1 aromatic carbocycles. The lowest BCUT2D eigenvalue weighted by molar-refractivity contribution is -0.124. The molecule has 0 N–H and O–H groups in total. The van der Waals surface area contributed by atoms with E-state index >= 15 is 0 Å². The molecule has 27 heavy (non-hydrogen) atoms. The quantitative estimate of drug-likeness (QED) is 0.691. The van der Waals surface area contributed by atoms with Crippen molar-refractivity contribution >= 4 is 5.78 Å². The number of hydrogen-bond acceptors (Lipinski definition) is 5. The second-order valence-electron chi connectivity index (χ2n) is 7.17. The van der Waals surface area contributed by atoms with E-state index in [1.807, 2.05) is 42.7 Å². The van der Waals surface area contributed by atoms with Gasteiger partial charge in [0.15, 0.2) is 11.6 Å². The number of benzene rings is 1. The van der Waals surface area contributed by atoms with Crippen LogP contribution in [0.5, 0.6) is 0 Å². The van der Waals surface area contributed by atoms with E-state index in [1.54, 1.807) is 13.2 Å². The molecule has 5 heteroatoms. The van der Waals surface area contributed by atoms with Crippen LogP contribution in [0.2, 0.25) is 0 Å². The maximum Gasteiger partial charge on any atom is 0.195 e. The summed E-state index contributed by atoms with van der Waals surface area (Å²) in [6, 6.07) is 13.9. The fourth-order valence-corrected chi connectivity index (χ4v) is 3.92. The highest BCUT2D eigenvalue weighted by Crippen LogP contribution is 2.36. The van der Waals surface area contributed by atoms with E-state index in [0.29, 0.717) is 11.6 Å². The molecular formula is C22H23N3O2. The molecule has 4 rings (SSSR count). The first-order valence-corrected chi connectivity index (χ1v) is 9.31. The van der Waals surface area contributed by atoms with Crippen molar-refractivity contribution in [3.8, 4) is 11.6 Å². The van der Waals surface area contributed by atoms with Crippen molar-refractivity contribution in [1.82, 2.24) is 14.9 Å². The molecule has 0 aliphatic carbocycles. The minimum Gasteiger partial charge on any atom is -0.461 e. The molecule has 0 bridgehead atoms. The van der Waals surface area contributed by atoms with Gasteiger partial charge in [0.05, 0.1) is 11.7 Å². The maximum absolute atomic E-state index is 12.5. The number of carbonyl (C=O) groups excluding carboxylic acids is 1. The number of Topliss-reactive ketones (excluding diaryl/α,β-unsaturated/α-hetero) is 1. The minimum absolute atomic E-state index is 0.263. The average molecular weight is 361 g/mol. The van der Waals surface area contributed by atoms with E-state index in [9.17, 15) is 4.79 Å². The zero-order valence-corrected chi connectivity index (χ0v) is 15.5. The highest BCUT2D eigenvalue weighted by atomic mass is 16.3. The van der Waals surface area contributed by atoms with E-state index < -0.39 is 0 Å². The Morgan fingerprint density at radius 1 is 1.07 bits per heavy atom. The highest BCUT2D eigenvalue weighted by molar-refractivity contribution is 5.88. The lowest BCUT2D eigenvalue weighted by Crippen LogP contribution is -2.46. The predicted molar refractivity (Wildman–Crippen MR) is 103 cm³/mol. The Balaban J connectivity index is 1.42. The Morgan fingerprint density at radius 2 is 1.78 bits per heavy atom. The third-order valence-corrected chi connectivity index (χ3v) is 5.56. The first kappa shape index (κ1) is 17.6. The molecule has 1 aliphatic rings. The Kier molecular flexibility index (Phi) is 4.86. The Hall–Kier alpha value is -2.79. The van der Waals surface area contributed by atoms with Crippen molar-refractivity contribution in [3.63, 3.8) is 0 Å². The molecular weight excluding hydrogens is 338 g/mol. The van der Waals surface area contributed by atoms with Crippen molar-refractivity contribution in [2.24, 2.45) is 0 Å². The van der Waals surface area contributed by atoms with Gasteiger partial charge < -0.3 is 4.42 Å². The molecule has 0 amide bonds. The summed E-state index contributed by atoms with van der Waals surface area (Å²) in [4.78, 5) is 23.7. The topological polar surface area (TPSA) is 59.2 Å². The fourth-order valence-electron chi connectivity index (χ4n) is 3.92. The molecule has 1 aliphatic heterocycles. The van der Waals surface area contributed by atoms with Gasteiger partial charge >= 0.3 is 0 Å². The average Bonchev–Trinajstić information content (AvgIpc) is 3.25. The predicted octanol–water partition coefficient (Wildman–Crippen LogP) is 3.86. The summed E-state index contributed by atoms with van der Waals surface area (Å²) < 4.78 is 5.33. The van der Waals surface area contributed by atoms with Crippen LogP contribution in [0.4, 0.5) is 0 Å². The van der Waals surface area contributed by atoms with Crippen LogP contribution in [0.1, 0.15) is 30.9 Å². The summed E-state index contributed by atoms with van der Waals surface area (Å²) in [6.45, 7) is 4.29. The molecule has 0 unspecified atom stereocenters. The number of hydrogen-bond donors (Lipinski definition) is 0. The van der Waals surface area contributed by atoms with Crippen LogP contribution >= 0.6 is 0 Å². The van der Waals surface area contributed by atoms with Gasteiger partial charge in [-0.1, -0.05) is 30.3 Å². The second-order valence-corrected chi connectivity index (χ2v) is 7.17. The first-order valence-electron chi connectivity index (χ1n) is 9.31. The second kappa shape index (κ2) is 7.45. The van der Waals surface area contributed by atoms with Gasteiger partial charge in [-0.3, -0.25) is 9.69 Å². The monoisotopic (exact) mass is 361 g/mol. The normalized spacial score (nSPS) is 16.9. The molecule has 3 heterocycles. The van der Waals surface area contributed by atoms with Crippen LogP contribution in [-0.4, -0.2) is 33.7 Å². The van der Waals surface area contributed by atoms with Crippen molar-refractivity contribution < 1.29 is 9.21 Å². The van der Waals surface area contributed by atoms with E-state index in [1.165, 1.54) is 0 Å². The van der Waals surface area contributed by atoms with Gasteiger partial charge in [-0.15, -0.1) is 0 Å². The number of likely N-dealkylation sites (tertiary alicyclic amines) is 1. The van der Waals surface area contributed by atoms with Gasteiger partial charge in [0.2, 0.25) is 0 Å². The van der Waals surface area contributed by atoms with Gasteiger partial charge in [0.1, 0.15) is 5.78 Å². The standard InChI is InChI=1S/C22H23N3O2/c1-17(26)22(19-6-3-2-4-7-19)9-11-25(12-10-22)16-18-14-23-21(24-15-18)20-8-5-13-27-20/h2-8,13-15H,9-12,16H2,1H3. The summed E-state index contributed by atoms with van der Waals surface area (Å²) in [7, 11) is 0. The molecule has 1 fully saturated rings. The van der Waals surface area contributed by atoms with Crippen molar-refractivity contribution in [1.29, 1.82) is 0 Å². The zero-order valence-electron chi connectivity index (χ0n) is 15.5. The summed E-state index contributed by atoms with van der Waals surface area (Å²) in [6.07, 6.45) is 7.02. The van der Waals surface area contributed by atoms with Gasteiger partial charge in [-0.25, -0.2) is 9.97 Å². The summed E-state index contributed by atoms with van der Waals surface area (Å²) in [5.74, 6) is 1.54. The molecule has 0 radical (unpaired) electrons. The van der Waals surface area contributed by atoms with Crippen LogP contribution in [0.15, 0.2) is 65.5 Å². The van der Waals surface area contributed by atoms with Gasteiger partial charge in [0, 0.05) is 24.5 Å². The summed E-state index contributed by atoms with van der Waals surface area (Å²) >= 11 is 0. The lowest BCUT2D eigenvalue weighted by atomic mass is 9.70. The third kappa shape index (κ3) is 3.55. The SMILES string of the molecule is CC(=O)C1(c2ccccc2)CCN(Cc2cnc(-c3ccco3)nc2)CC1. The van der Waals surface area contributed by atoms with Crippen LogP contribution < -0.4 is 0 Å². The third-order valence-electron chi connectivity index (χ3n) is 5.56. The molecule has 138 valence electrons. The fraction of sp³-hybridized carbons (Fsp3) is 0.318. The number of carbonyl (C=O) groups is 1. The smallest absolute Gasteiger partial charge is 0.195 e. The maximum atomic E-state index is 12.5. The van der Waals surface area contributed by atoms with E-state index in [-0.39, 0.29) is 11.2 Å². The minimum atomic E-state index is -0.350. The molecule has 3 aromatic rings. The number of aromatic nitrogens is 2. The Labute approximate surface area is 159 Å². The van der Waals surface area contributed by atoms with Crippen molar-refractivity contribution in [3.05, 3.63) is 72.2 Å². The van der Waals surface area contributed by atoms with Gasteiger partial charge in [-0.2, -0.15) is 0 Å². The van der Waals surface area contributed by atoms with Crippen molar-refractivity contribution in [2.75, 3.05) is 13.1 Å². The molecule has 0 saturated carbocycles. The van der Waals surface area contributed by atoms with E-state index in [4.69, 9.17) is 4.42 Å². The van der Waals surface area contributed by atoms with Gasteiger partial charge in [0.25, 0.3) is 0 Å². The van der Waals surface area contributed by atoms with Crippen LogP contribution in [0.25, 0.3) is 11.6 Å². The molecule has 0 spiro atoms. The molecule has 1 saturated heterocycles. The first-order chi connectivity index (χ1) is 13.2. The van der Waals surface area contributed by atoms with Crippen LogP contribution in [0.3, 0.4) is 0 Å². The zero-order chi connectivity index (χ0) is 18.7. The molecule has 5 nitrogen and oxygen atoms in total. The number of rotatable bonds is 5. The number of piperidine rings is 1. The molecule has 0 atom stereocenters.